The third-order valence-corrected chi connectivity index (χ3v) is 2.39. The van der Waals surface area contributed by atoms with E-state index in [2.05, 4.69) is 60.4 Å². The van der Waals surface area contributed by atoms with Gasteiger partial charge >= 0.3 is 0 Å². The molecular formula is C15H14. The molecule has 1 aromatic carbocycles. The second kappa shape index (κ2) is 5.19. The molecule has 0 saturated heterocycles. The van der Waals surface area contributed by atoms with Crippen molar-refractivity contribution in [3.8, 4) is 0 Å². The zero-order valence-electron chi connectivity index (χ0n) is 8.64. The zero-order chi connectivity index (χ0) is 10.3. The Morgan fingerprint density at radius 1 is 1.20 bits per heavy atom. The molecule has 1 atom stereocenters. The third kappa shape index (κ3) is 3.12. The highest BCUT2D eigenvalue weighted by atomic mass is 14.0. The summed E-state index contributed by atoms with van der Waals surface area (Å²) in [4.78, 5) is 0. The zero-order valence-corrected chi connectivity index (χ0v) is 8.64. The molecule has 15 heavy (non-hydrogen) atoms. The first-order valence-electron chi connectivity index (χ1n) is 5.26. The Morgan fingerprint density at radius 3 is 2.93 bits per heavy atom. The van der Waals surface area contributed by atoms with Crippen molar-refractivity contribution in [3.63, 3.8) is 0 Å². The Labute approximate surface area is 91.0 Å². The van der Waals surface area contributed by atoms with Crippen molar-refractivity contribution in [2.24, 2.45) is 5.92 Å². The lowest BCUT2D eigenvalue weighted by molar-refractivity contribution is 0.840. The van der Waals surface area contributed by atoms with Crippen molar-refractivity contribution < 1.29 is 0 Å². The molecule has 0 aliphatic heterocycles. The molecule has 74 valence electrons. The maximum atomic E-state index is 3.10. The highest BCUT2D eigenvalue weighted by Gasteiger charge is 1.97. The fourth-order valence-electron chi connectivity index (χ4n) is 1.55. The number of rotatable bonds is 2. The molecule has 1 aromatic rings. The van der Waals surface area contributed by atoms with Crippen molar-refractivity contribution in [2.75, 3.05) is 0 Å². The maximum Gasteiger partial charge on any atom is -0.000621 e. The maximum absolute atomic E-state index is 3.10. The van der Waals surface area contributed by atoms with E-state index in [1.807, 2.05) is 12.1 Å². The first kappa shape index (κ1) is 9.76. The van der Waals surface area contributed by atoms with Crippen LogP contribution in [0.1, 0.15) is 12.0 Å². The van der Waals surface area contributed by atoms with Gasteiger partial charge < -0.3 is 0 Å². The Bertz CT molecular complexity index is 415. The van der Waals surface area contributed by atoms with Crippen LogP contribution in [0.4, 0.5) is 0 Å². The molecule has 0 fully saturated rings. The molecule has 0 aromatic heterocycles. The minimum atomic E-state index is 0.497. The third-order valence-electron chi connectivity index (χ3n) is 2.39. The van der Waals surface area contributed by atoms with Crippen LogP contribution in [0.2, 0.25) is 0 Å². The Hall–Kier alpha value is -1.78. The summed E-state index contributed by atoms with van der Waals surface area (Å²) in [5.74, 6) is 0.497. The molecule has 0 spiro atoms. The van der Waals surface area contributed by atoms with Crippen LogP contribution in [0.25, 0.3) is 6.08 Å². The van der Waals surface area contributed by atoms with Gasteiger partial charge in [-0.1, -0.05) is 54.6 Å². The van der Waals surface area contributed by atoms with Gasteiger partial charge in [-0.15, -0.1) is 5.73 Å². The molecule has 0 bridgehead atoms. The van der Waals surface area contributed by atoms with Gasteiger partial charge in [0.2, 0.25) is 0 Å². The van der Waals surface area contributed by atoms with Crippen LogP contribution in [-0.4, -0.2) is 0 Å². The minimum absolute atomic E-state index is 0.497. The van der Waals surface area contributed by atoms with E-state index in [1.165, 1.54) is 5.56 Å². The smallest absolute Gasteiger partial charge is 0.000621 e. The topological polar surface area (TPSA) is 0 Å². The van der Waals surface area contributed by atoms with Gasteiger partial charge in [-0.3, -0.25) is 0 Å². The Kier molecular flexibility index (Phi) is 3.38. The van der Waals surface area contributed by atoms with E-state index in [0.717, 1.165) is 6.42 Å². The van der Waals surface area contributed by atoms with Crippen LogP contribution >= 0.6 is 0 Å². The number of hydrogen-bond donors (Lipinski definition) is 0. The second-order valence-corrected chi connectivity index (χ2v) is 3.59. The highest BCUT2D eigenvalue weighted by Crippen LogP contribution is 2.12. The van der Waals surface area contributed by atoms with Crippen molar-refractivity contribution in [2.45, 2.75) is 6.42 Å². The first-order chi connectivity index (χ1) is 7.45. The largest absolute Gasteiger partial charge is 0.125 e. The molecule has 2 rings (SSSR count). The van der Waals surface area contributed by atoms with Gasteiger partial charge in [0, 0.05) is 0 Å². The molecule has 1 unspecified atom stereocenters. The molecule has 1 aliphatic carbocycles. The average molecular weight is 194 g/mol. The van der Waals surface area contributed by atoms with E-state index in [0.29, 0.717) is 5.92 Å². The van der Waals surface area contributed by atoms with Crippen LogP contribution < -0.4 is 0 Å². The monoisotopic (exact) mass is 194 g/mol. The predicted molar refractivity (Wildman–Crippen MR) is 65.4 cm³/mol. The lowest BCUT2D eigenvalue weighted by atomic mass is 10.0. The molecule has 1 aliphatic rings. The van der Waals surface area contributed by atoms with Gasteiger partial charge in [0.05, 0.1) is 0 Å². The summed E-state index contributed by atoms with van der Waals surface area (Å²) < 4.78 is 0. The van der Waals surface area contributed by atoms with Gasteiger partial charge in [0.1, 0.15) is 0 Å². The molecule has 0 radical (unpaired) electrons. The van der Waals surface area contributed by atoms with Crippen LogP contribution in [0.5, 0.6) is 0 Å². The van der Waals surface area contributed by atoms with Crippen LogP contribution in [0.3, 0.4) is 0 Å². The number of allylic oxidation sites excluding steroid dienone is 4. The van der Waals surface area contributed by atoms with Gasteiger partial charge in [-0.2, -0.15) is 0 Å². The van der Waals surface area contributed by atoms with Crippen molar-refractivity contribution in [3.05, 3.63) is 72.0 Å². The van der Waals surface area contributed by atoms with Crippen molar-refractivity contribution in [1.82, 2.24) is 0 Å². The predicted octanol–water partition coefficient (Wildman–Crippen LogP) is 3.99. The van der Waals surface area contributed by atoms with E-state index < -0.39 is 0 Å². The molecule has 0 saturated carbocycles. The summed E-state index contributed by atoms with van der Waals surface area (Å²) in [6.07, 6.45) is 13.8. The quantitative estimate of drug-likeness (QED) is 0.624. The number of benzene rings is 1. The van der Waals surface area contributed by atoms with Gasteiger partial charge in [-0.25, -0.2) is 0 Å². The molecule has 0 N–H and O–H groups in total. The van der Waals surface area contributed by atoms with Crippen molar-refractivity contribution >= 4 is 6.08 Å². The van der Waals surface area contributed by atoms with Gasteiger partial charge in [0.25, 0.3) is 0 Å². The fraction of sp³-hybridized carbons (Fsp3) is 0.133. The SMILES string of the molecule is C1=CC=CC(C=Cc2ccccc2)CC=1. The van der Waals surface area contributed by atoms with Crippen LogP contribution in [-0.2, 0) is 0 Å². The Balaban J connectivity index is 2.03. The van der Waals surface area contributed by atoms with Gasteiger partial charge in [-0.05, 0) is 30.1 Å². The van der Waals surface area contributed by atoms with Gasteiger partial charge in [0.15, 0.2) is 0 Å². The molecule has 0 nitrogen and oxygen atoms in total. The van der Waals surface area contributed by atoms with Crippen LogP contribution in [0, 0.1) is 5.92 Å². The normalized spacial score (nSPS) is 19.6. The second-order valence-electron chi connectivity index (χ2n) is 3.59. The molecule has 0 amide bonds. The number of hydrogen-bond acceptors (Lipinski definition) is 0. The summed E-state index contributed by atoms with van der Waals surface area (Å²) in [7, 11) is 0. The molecular weight excluding hydrogens is 180 g/mol. The van der Waals surface area contributed by atoms with E-state index in [1.54, 1.807) is 0 Å². The highest BCUT2D eigenvalue weighted by molar-refractivity contribution is 5.49. The van der Waals surface area contributed by atoms with E-state index in [-0.39, 0.29) is 0 Å². The van der Waals surface area contributed by atoms with Crippen molar-refractivity contribution in [1.29, 1.82) is 0 Å². The van der Waals surface area contributed by atoms with E-state index in [9.17, 15) is 0 Å². The molecule has 0 heteroatoms. The first-order valence-corrected chi connectivity index (χ1v) is 5.26. The Morgan fingerprint density at radius 2 is 2.07 bits per heavy atom. The van der Waals surface area contributed by atoms with Crippen LogP contribution in [0.15, 0.2) is 66.4 Å². The lowest BCUT2D eigenvalue weighted by Crippen LogP contribution is -1.87. The summed E-state index contributed by atoms with van der Waals surface area (Å²) >= 11 is 0. The lowest BCUT2D eigenvalue weighted by Gasteiger charge is -2.01. The molecule has 0 heterocycles. The standard InChI is InChI=1S/C15H14/c1-2-5-9-14(8-4-1)12-13-15-10-6-3-7-11-15/h1,3-8,10-14H,9H2. The summed E-state index contributed by atoms with van der Waals surface area (Å²) in [6.45, 7) is 0. The summed E-state index contributed by atoms with van der Waals surface area (Å²) in [5, 5.41) is 0. The summed E-state index contributed by atoms with van der Waals surface area (Å²) in [6, 6.07) is 10.4. The minimum Gasteiger partial charge on any atom is -0.125 e. The fourth-order valence-corrected chi connectivity index (χ4v) is 1.55. The average Bonchev–Trinajstić information content (AvgIpc) is 2.56. The van der Waals surface area contributed by atoms with E-state index >= 15 is 0 Å². The summed E-state index contributed by atoms with van der Waals surface area (Å²) in [5.41, 5.74) is 4.36. The van der Waals surface area contributed by atoms with E-state index in [4.69, 9.17) is 0 Å².